The molecule has 2 aromatic rings. The summed E-state index contributed by atoms with van der Waals surface area (Å²) >= 11 is 0. The Bertz CT molecular complexity index is 530. The third kappa shape index (κ3) is 1.59. The largest absolute Gasteiger partial charge is 0.478 e. The van der Waals surface area contributed by atoms with E-state index in [9.17, 15) is 4.79 Å². The van der Waals surface area contributed by atoms with E-state index in [1.54, 1.807) is 22.9 Å². The SMILES string of the molecule is C=CCn1nnc2ccc(C(=O)O)cc21. The Kier molecular flexibility index (Phi) is 2.21. The predicted octanol–water partition coefficient (Wildman–Crippen LogP) is 1.32. The first-order valence-corrected chi connectivity index (χ1v) is 4.40. The fourth-order valence-electron chi connectivity index (χ4n) is 1.36. The van der Waals surface area contributed by atoms with Gasteiger partial charge in [0.15, 0.2) is 0 Å². The van der Waals surface area contributed by atoms with E-state index in [4.69, 9.17) is 5.11 Å². The third-order valence-corrected chi connectivity index (χ3v) is 2.06. The van der Waals surface area contributed by atoms with Crippen LogP contribution in [0.2, 0.25) is 0 Å². The highest BCUT2D eigenvalue weighted by Gasteiger charge is 2.07. The Balaban J connectivity index is 2.60. The lowest BCUT2D eigenvalue weighted by Crippen LogP contribution is -1.99. The van der Waals surface area contributed by atoms with Gasteiger partial charge in [-0.2, -0.15) is 0 Å². The van der Waals surface area contributed by atoms with Crippen LogP contribution in [0.5, 0.6) is 0 Å². The van der Waals surface area contributed by atoms with Gasteiger partial charge in [0.1, 0.15) is 5.52 Å². The van der Waals surface area contributed by atoms with E-state index < -0.39 is 5.97 Å². The summed E-state index contributed by atoms with van der Waals surface area (Å²) in [4.78, 5) is 10.8. The minimum Gasteiger partial charge on any atom is -0.478 e. The van der Waals surface area contributed by atoms with Crippen LogP contribution in [0.3, 0.4) is 0 Å². The molecule has 0 aliphatic carbocycles. The summed E-state index contributed by atoms with van der Waals surface area (Å²) in [7, 11) is 0. The standard InChI is InChI=1S/C10H9N3O2/c1-2-5-13-9-6-7(10(14)15)3-4-8(9)11-12-13/h2-4,6H,1,5H2,(H,14,15). The van der Waals surface area contributed by atoms with Crippen molar-refractivity contribution in [3.8, 4) is 0 Å². The average Bonchev–Trinajstić information content (AvgIpc) is 2.61. The number of carboxylic acid groups (broad SMARTS) is 1. The van der Waals surface area contributed by atoms with Crippen molar-refractivity contribution in [2.45, 2.75) is 6.54 Å². The second kappa shape index (κ2) is 3.53. The van der Waals surface area contributed by atoms with Gasteiger partial charge in [0.2, 0.25) is 0 Å². The summed E-state index contributed by atoms with van der Waals surface area (Å²) in [6.45, 7) is 4.11. The maximum absolute atomic E-state index is 10.8. The lowest BCUT2D eigenvalue weighted by Gasteiger charge is -1.97. The van der Waals surface area contributed by atoms with E-state index >= 15 is 0 Å². The average molecular weight is 203 g/mol. The topological polar surface area (TPSA) is 68.0 Å². The van der Waals surface area contributed by atoms with E-state index in [1.807, 2.05) is 0 Å². The van der Waals surface area contributed by atoms with Crippen molar-refractivity contribution in [2.24, 2.45) is 0 Å². The number of carboxylic acids is 1. The quantitative estimate of drug-likeness (QED) is 0.764. The molecule has 0 aliphatic rings. The normalized spacial score (nSPS) is 10.4. The van der Waals surface area contributed by atoms with E-state index in [0.717, 1.165) is 0 Å². The number of fused-ring (bicyclic) bond motifs is 1. The van der Waals surface area contributed by atoms with Crippen LogP contribution in [0.1, 0.15) is 10.4 Å². The summed E-state index contributed by atoms with van der Waals surface area (Å²) in [5, 5.41) is 16.6. The number of nitrogens with zero attached hydrogens (tertiary/aromatic N) is 3. The number of aromatic carboxylic acids is 1. The predicted molar refractivity (Wildman–Crippen MR) is 54.7 cm³/mol. The van der Waals surface area contributed by atoms with Crippen molar-refractivity contribution in [1.82, 2.24) is 15.0 Å². The molecule has 0 bridgehead atoms. The maximum atomic E-state index is 10.8. The first-order chi connectivity index (χ1) is 7.22. The molecule has 0 saturated carbocycles. The number of carbonyl (C=O) groups is 1. The van der Waals surface area contributed by atoms with Crippen LogP contribution in [0, 0.1) is 0 Å². The van der Waals surface area contributed by atoms with Gasteiger partial charge in [-0.3, -0.25) is 0 Å². The molecule has 5 heteroatoms. The van der Waals surface area contributed by atoms with Gasteiger partial charge in [0, 0.05) is 0 Å². The Morgan fingerprint density at radius 3 is 3.07 bits per heavy atom. The molecular formula is C10H9N3O2. The lowest BCUT2D eigenvalue weighted by atomic mass is 10.2. The van der Waals surface area contributed by atoms with Crippen LogP contribution in [0.15, 0.2) is 30.9 Å². The van der Waals surface area contributed by atoms with Gasteiger partial charge >= 0.3 is 5.97 Å². The monoisotopic (exact) mass is 203 g/mol. The zero-order valence-corrected chi connectivity index (χ0v) is 7.92. The summed E-state index contributed by atoms with van der Waals surface area (Å²) in [6, 6.07) is 4.71. The van der Waals surface area contributed by atoms with Crippen LogP contribution in [0.25, 0.3) is 11.0 Å². The first-order valence-electron chi connectivity index (χ1n) is 4.40. The van der Waals surface area contributed by atoms with Gasteiger partial charge < -0.3 is 5.11 Å². The number of hydrogen-bond donors (Lipinski definition) is 1. The molecule has 1 aromatic heterocycles. The Morgan fingerprint density at radius 2 is 2.40 bits per heavy atom. The molecule has 1 aromatic carbocycles. The summed E-state index contributed by atoms with van der Waals surface area (Å²) in [5.74, 6) is -0.955. The van der Waals surface area contributed by atoms with Gasteiger partial charge in [-0.05, 0) is 18.2 Å². The number of rotatable bonds is 3. The molecule has 0 unspecified atom stereocenters. The number of hydrogen-bond acceptors (Lipinski definition) is 3. The fourth-order valence-corrected chi connectivity index (χ4v) is 1.36. The van der Waals surface area contributed by atoms with Crippen LogP contribution >= 0.6 is 0 Å². The van der Waals surface area contributed by atoms with Crippen molar-refractivity contribution in [1.29, 1.82) is 0 Å². The Morgan fingerprint density at radius 1 is 1.60 bits per heavy atom. The second-order valence-corrected chi connectivity index (χ2v) is 3.07. The second-order valence-electron chi connectivity index (χ2n) is 3.07. The van der Waals surface area contributed by atoms with E-state index in [1.165, 1.54) is 6.07 Å². The molecule has 0 saturated heterocycles. The van der Waals surface area contributed by atoms with Crippen molar-refractivity contribution >= 4 is 17.0 Å². The molecule has 1 N–H and O–H groups in total. The first kappa shape index (κ1) is 9.39. The van der Waals surface area contributed by atoms with Gasteiger partial charge in [-0.1, -0.05) is 11.3 Å². The Hall–Kier alpha value is -2.17. The molecule has 76 valence electrons. The third-order valence-electron chi connectivity index (χ3n) is 2.06. The van der Waals surface area contributed by atoms with E-state index in [0.29, 0.717) is 17.6 Å². The minimum atomic E-state index is -0.955. The molecule has 2 rings (SSSR count). The summed E-state index contributed by atoms with van der Waals surface area (Å²) in [5.41, 5.74) is 1.62. The van der Waals surface area contributed by atoms with E-state index in [2.05, 4.69) is 16.9 Å². The minimum absolute atomic E-state index is 0.232. The smallest absolute Gasteiger partial charge is 0.335 e. The molecule has 1 heterocycles. The van der Waals surface area contributed by atoms with Gasteiger partial charge in [0.25, 0.3) is 0 Å². The number of allylic oxidation sites excluding steroid dienone is 1. The van der Waals surface area contributed by atoms with Crippen molar-refractivity contribution in [2.75, 3.05) is 0 Å². The van der Waals surface area contributed by atoms with Crippen LogP contribution in [0.4, 0.5) is 0 Å². The zero-order valence-electron chi connectivity index (χ0n) is 7.92. The highest BCUT2D eigenvalue weighted by molar-refractivity contribution is 5.92. The molecule has 0 amide bonds. The molecule has 0 aliphatic heterocycles. The van der Waals surface area contributed by atoms with Crippen molar-refractivity contribution < 1.29 is 9.90 Å². The molecule has 0 atom stereocenters. The summed E-state index contributed by atoms with van der Waals surface area (Å²) < 4.78 is 1.61. The number of aromatic nitrogens is 3. The maximum Gasteiger partial charge on any atom is 0.335 e. The van der Waals surface area contributed by atoms with Crippen molar-refractivity contribution in [3.63, 3.8) is 0 Å². The Labute approximate surface area is 85.6 Å². The molecule has 5 nitrogen and oxygen atoms in total. The highest BCUT2D eigenvalue weighted by Crippen LogP contribution is 2.13. The van der Waals surface area contributed by atoms with E-state index in [-0.39, 0.29) is 5.56 Å². The fraction of sp³-hybridized carbons (Fsp3) is 0.100. The van der Waals surface area contributed by atoms with Gasteiger partial charge in [-0.25, -0.2) is 9.48 Å². The van der Waals surface area contributed by atoms with Crippen LogP contribution < -0.4 is 0 Å². The van der Waals surface area contributed by atoms with Crippen LogP contribution in [-0.4, -0.2) is 26.1 Å². The molecule has 15 heavy (non-hydrogen) atoms. The van der Waals surface area contributed by atoms with Gasteiger partial charge in [0.05, 0.1) is 17.6 Å². The lowest BCUT2D eigenvalue weighted by molar-refractivity contribution is 0.0697. The highest BCUT2D eigenvalue weighted by atomic mass is 16.4. The van der Waals surface area contributed by atoms with Crippen LogP contribution in [-0.2, 0) is 6.54 Å². The molecule has 0 radical (unpaired) electrons. The molecular weight excluding hydrogens is 194 g/mol. The molecule has 0 spiro atoms. The number of benzene rings is 1. The molecule has 0 fully saturated rings. The zero-order chi connectivity index (χ0) is 10.8. The van der Waals surface area contributed by atoms with Gasteiger partial charge in [-0.15, -0.1) is 11.7 Å². The van der Waals surface area contributed by atoms with Crippen molar-refractivity contribution in [3.05, 3.63) is 36.4 Å². The summed E-state index contributed by atoms with van der Waals surface area (Å²) in [6.07, 6.45) is 1.68.